The van der Waals surface area contributed by atoms with Crippen LogP contribution in [0.5, 0.6) is 0 Å². The summed E-state index contributed by atoms with van der Waals surface area (Å²) in [6.45, 7) is 0.557. The lowest BCUT2D eigenvalue weighted by atomic mass is 10.1. The summed E-state index contributed by atoms with van der Waals surface area (Å²) < 4.78 is 5.22. The molecule has 18 heavy (non-hydrogen) atoms. The Balaban J connectivity index is 1.92. The first-order valence-corrected chi connectivity index (χ1v) is 5.86. The Morgan fingerprint density at radius 3 is 2.50 bits per heavy atom. The molecule has 0 saturated heterocycles. The molecule has 0 saturated carbocycles. The van der Waals surface area contributed by atoms with Crippen molar-refractivity contribution in [3.05, 3.63) is 52.9 Å². The Labute approximate surface area is 110 Å². The molecule has 1 heterocycles. The van der Waals surface area contributed by atoms with Gasteiger partial charge in [0.05, 0.1) is 13.0 Å². The SMILES string of the molecule is NC(=O)Cc1ccc(NCc2ccc(Cl)o2)cc1. The van der Waals surface area contributed by atoms with Gasteiger partial charge in [0.15, 0.2) is 5.22 Å². The lowest BCUT2D eigenvalue weighted by molar-refractivity contribution is -0.117. The molecule has 94 valence electrons. The van der Waals surface area contributed by atoms with Gasteiger partial charge in [0.25, 0.3) is 0 Å². The molecular formula is C13H13ClN2O2. The van der Waals surface area contributed by atoms with E-state index < -0.39 is 0 Å². The minimum atomic E-state index is -0.332. The van der Waals surface area contributed by atoms with E-state index in [9.17, 15) is 4.79 Å². The van der Waals surface area contributed by atoms with Crippen LogP contribution in [0, 0.1) is 0 Å². The van der Waals surface area contributed by atoms with Crippen LogP contribution in [-0.2, 0) is 17.8 Å². The molecule has 1 aromatic carbocycles. The molecule has 0 aliphatic heterocycles. The molecule has 4 nitrogen and oxygen atoms in total. The molecule has 3 N–H and O–H groups in total. The molecule has 0 radical (unpaired) electrons. The highest BCUT2D eigenvalue weighted by Crippen LogP contribution is 2.15. The van der Waals surface area contributed by atoms with E-state index >= 15 is 0 Å². The predicted molar refractivity (Wildman–Crippen MR) is 70.4 cm³/mol. The second-order valence-corrected chi connectivity index (χ2v) is 4.27. The van der Waals surface area contributed by atoms with Crippen LogP contribution < -0.4 is 11.1 Å². The molecule has 0 aliphatic rings. The fraction of sp³-hybridized carbons (Fsp3) is 0.154. The number of halogens is 1. The van der Waals surface area contributed by atoms with Crippen LogP contribution >= 0.6 is 11.6 Å². The molecule has 1 amide bonds. The van der Waals surface area contributed by atoms with Crippen LogP contribution in [-0.4, -0.2) is 5.91 Å². The molecule has 0 bridgehead atoms. The molecular weight excluding hydrogens is 252 g/mol. The highest BCUT2D eigenvalue weighted by atomic mass is 35.5. The quantitative estimate of drug-likeness (QED) is 0.872. The zero-order valence-electron chi connectivity index (χ0n) is 9.65. The molecule has 2 aromatic rings. The van der Waals surface area contributed by atoms with Crippen molar-refractivity contribution in [2.45, 2.75) is 13.0 Å². The molecule has 0 spiro atoms. The van der Waals surface area contributed by atoms with Crippen molar-refractivity contribution in [1.82, 2.24) is 0 Å². The number of nitrogens with two attached hydrogens (primary N) is 1. The van der Waals surface area contributed by atoms with Gasteiger partial charge in [0.1, 0.15) is 5.76 Å². The standard InChI is InChI=1S/C13H13ClN2O2/c14-12-6-5-11(18-12)8-16-10-3-1-9(2-4-10)7-13(15)17/h1-6,16H,7-8H2,(H2,15,17). The number of carbonyl (C=O) groups excluding carboxylic acids is 1. The maximum absolute atomic E-state index is 10.7. The number of primary amides is 1. The molecule has 0 aliphatic carbocycles. The van der Waals surface area contributed by atoms with Crippen LogP contribution in [0.15, 0.2) is 40.8 Å². The van der Waals surface area contributed by atoms with Crippen molar-refractivity contribution in [1.29, 1.82) is 0 Å². The zero-order valence-corrected chi connectivity index (χ0v) is 10.4. The minimum Gasteiger partial charge on any atom is -0.448 e. The van der Waals surface area contributed by atoms with Gasteiger partial charge in [-0.05, 0) is 41.4 Å². The van der Waals surface area contributed by atoms with E-state index in [4.69, 9.17) is 21.8 Å². The van der Waals surface area contributed by atoms with Gasteiger partial charge in [-0.3, -0.25) is 4.79 Å². The summed E-state index contributed by atoms with van der Waals surface area (Å²) in [4.78, 5) is 10.7. The summed E-state index contributed by atoms with van der Waals surface area (Å²) in [7, 11) is 0. The van der Waals surface area contributed by atoms with E-state index in [0.717, 1.165) is 17.0 Å². The number of nitrogens with one attached hydrogen (secondary N) is 1. The number of hydrogen-bond donors (Lipinski definition) is 2. The first-order chi connectivity index (χ1) is 8.63. The third-order valence-electron chi connectivity index (χ3n) is 2.43. The Bertz CT molecular complexity index is 534. The van der Waals surface area contributed by atoms with Gasteiger partial charge in [-0.25, -0.2) is 0 Å². The van der Waals surface area contributed by atoms with Crippen molar-refractivity contribution in [2.75, 3.05) is 5.32 Å². The van der Waals surface area contributed by atoms with Crippen LogP contribution in [0.3, 0.4) is 0 Å². The average Bonchev–Trinajstić information content (AvgIpc) is 2.74. The van der Waals surface area contributed by atoms with E-state index in [0.29, 0.717) is 11.8 Å². The maximum atomic E-state index is 10.7. The number of anilines is 1. The largest absolute Gasteiger partial charge is 0.448 e. The van der Waals surface area contributed by atoms with Gasteiger partial charge < -0.3 is 15.5 Å². The lowest BCUT2D eigenvalue weighted by Gasteiger charge is -2.05. The van der Waals surface area contributed by atoms with Crippen LogP contribution in [0.2, 0.25) is 5.22 Å². The van der Waals surface area contributed by atoms with E-state index in [1.165, 1.54) is 0 Å². The first-order valence-electron chi connectivity index (χ1n) is 5.49. The van der Waals surface area contributed by atoms with E-state index in [1.807, 2.05) is 30.3 Å². The maximum Gasteiger partial charge on any atom is 0.221 e. The Morgan fingerprint density at radius 2 is 1.94 bits per heavy atom. The third kappa shape index (κ3) is 3.53. The third-order valence-corrected chi connectivity index (χ3v) is 2.63. The highest BCUT2D eigenvalue weighted by Gasteiger charge is 2.01. The van der Waals surface area contributed by atoms with Crippen molar-refractivity contribution in [3.8, 4) is 0 Å². The van der Waals surface area contributed by atoms with Gasteiger partial charge in [-0.2, -0.15) is 0 Å². The summed E-state index contributed by atoms with van der Waals surface area (Å²) in [5.74, 6) is 0.433. The highest BCUT2D eigenvalue weighted by molar-refractivity contribution is 6.28. The van der Waals surface area contributed by atoms with Crippen molar-refractivity contribution in [3.63, 3.8) is 0 Å². The Kier molecular flexibility index (Phi) is 3.89. The number of carbonyl (C=O) groups is 1. The Hall–Kier alpha value is -1.94. The van der Waals surface area contributed by atoms with Gasteiger partial charge in [0.2, 0.25) is 5.91 Å². The van der Waals surface area contributed by atoms with Gasteiger partial charge in [-0.15, -0.1) is 0 Å². The average molecular weight is 265 g/mol. The topological polar surface area (TPSA) is 68.3 Å². The number of rotatable bonds is 5. The van der Waals surface area contributed by atoms with Gasteiger partial charge in [-0.1, -0.05) is 12.1 Å². The fourth-order valence-electron chi connectivity index (χ4n) is 1.58. The predicted octanol–water partition coefficient (Wildman–Crippen LogP) is 2.57. The van der Waals surface area contributed by atoms with Crippen LogP contribution in [0.1, 0.15) is 11.3 Å². The van der Waals surface area contributed by atoms with E-state index in [2.05, 4.69) is 5.32 Å². The number of furan rings is 1. The minimum absolute atomic E-state index is 0.258. The second kappa shape index (κ2) is 5.60. The molecule has 5 heteroatoms. The van der Waals surface area contributed by atoms with Crippen molar-refractivity contribution < 1.29 is 9.21 Å². The van der Waals surface area contributed by atoms with E-state index in [1.54, 1.807) is 6.07 Å². The van der Waals surface area contributed by atoms with Crippen LogP contribution in [0.4, 0.5) is 5.69 Å². The van der Waals surface area contributed by atoms with Gasteiger partial charge in [0, 0.05) is 5.69 Å². The molecule has 0 atom stereocenters. The number of amides is 1. The normalized spacial score (nSPS) is 10.3. The van der Waals surface area contributed by atoms with E-state index in [-0.39, 0.29) is 12.3 Å². The van der Waals surface area contributed by atoms with Crippen molar-refractivity contribution >= 4 is 23.2 Å². The summed E-state index contributed by atoms with van der Waals surface area (Å²) in [5, 5.41) is 3.56. The lowest BCUT2D eigenvalue weighted by Crippen LogP contribution is -2.13. The number of benzene rings is 1. The smallest absolute Gasteiger partial charge is 0.221 e. The van der Waals surface area contributed by atoms with Crippen LogP contribution in [0.25, 0.3) is 0 Å². The monoisotopic (exact) mass is 264 g/mol. The molecule has 0 unspecified atom stereocenters. The molecule has 1 aromatic heterocycles. The summed E-state index contributed by atoms with van der Waals surface area (Å²) >= 11 is 5.67. The molecule has 2 rings (SSSR count). The molecule has 0 fully saturated rings. The van der Waals surface area contributed by atoms with Gasteiger partial charge >= 0.3 is 0 Å². The van der Waals surface area contributed by atoms with Crippen molar-refractivity contribution in [2.24, 2.45) is 5.73 Å². The first kappa shape index (κ1) is 12.5. The summed E-state index contributed by atoms with van der Waals surface area (Å²) in [6.07, 6.45) is 0.258. The zero-order chi connectivity index (χ0) is 13.0. The summed E-state index contributed by atoms with van der Waals surface area (Å²) in [6, 6.07) is 11.0. The fourth-order valence-corrected chi connectivity index (χ4v) is 1.74. The number of hydrogen-bond acceptors (Lipinski definition) is 3. The second-order valence-electron chi connectivity index (χ2n) is 3.90. The Morgan fingerprint density at radius 1 is 1.22 bits per heavy atom. The summed E-state index contributed by atoms with van der Waals surface area (Å²) in [5.41, 5.74) is 6.96.